The van der Waals surface area contributed by atoms with Crippen molar-refractivity contribution in [1.29, 1.82) is 0 Å². The third-order valence-electron chi connectivity index (χ3n) is 3.29. The van der Waals surface area contributed by atoms with Gasteiger partial charge in [-0.2, -0.15) is 0 Å². The zero-order chi connectivity index (χ0) is 17.3. The van der Waals surface area contributed by atoms with Gasteiger partial charge in [-0.3, -0.25) is 0 Å². The molecule has 7 nitrogen and oxygen atoms in total. The van der Waals surface area contributed by atoms with E-state index in [1.807, 2.05) is 0 Å². The van der Waals surface area contributed by atoms with Gasteiger partial charge < -0.3 is 9.64 Å². The van der Waals surface area contributed by atoms with Crippen molar-refractivity contribution in [3.8, 4) is 0 Å². The van der Waals surface area contributed by atoms with Crippen molar-refractivity contribution in [3.05, 3.63) is 18.2 Å². The first-order chi connectivity index (χ1) is 10.6. The molecule has 1 aliphatic rings. The zero-order valence-corrected chi connectivity index (χ0v) is 14.1. The summed E-state index contributed by atoms with van der Waals surface area (Å²) in [5, 5.41) is -0.435. The number of amides is 1. The van der Waals surface area contributed by atoms with Crippen molar-refractivity contribution in [2.24, 2.45) is 0 Å². The van der Waals surface area contributed by atoms with Crippen LogP contribution in [0, 0.1) is 5.82 Å². The van der Waals surface area contributed by atoms with Gasteiger partial charge >= 0.3 is 6.09 Å². The first-order valence-corrected chi connectivity index (χ1v) is 8.94. The summed E-state index contributed by atoms with van der Waals surface area (Å²) in [6, 6.07) is -0.497. The number of halogens is 1. The number of nitrogens with zero attached hydrogens (tertiary/aromatic N) is 3. The van der Waals surface area contributed by atoms with E-state index >= 15 is 0 Å². The minimum atomic E-state index is -3.81. The first-order valence-electron chi connectivity index (χ1n) is 7.28. The zero-order valence-electron chi connectivity index (χ0n) is 13.3. The summed E-state index contributed by atoms with van der Waals surface area (Å²) in [6.07, 6.45) is 2.33. The SMILES string of the molecule is CC(C)(C)OC(=O)N1CCC[C@@H]1CS(=O)(=O)c1ncc(F)cn1. The minimum Gasteiger partial charge on any atom is -0.444 e. The molecule has 0 saturated carbocycles. The second-order valence-electron chi connectivity index (χ2n) is 6.44. The van der Waals surface area contributed by atoms with Gasteiger partial charge in [-0.25, -0.2) is 27.6 Å². The van der Waals surface area contributed by atoms with Crippen LogP contribution < -0.4 is 0 Å². The molecule has 1 aromatic heterocycles. The second kappa shape index (κ2) is 6.38. The average Bonchev–Trinajstić information content (AvgIpc) is 2.84. The molecular formula is C14H20FN3O4S. The highest BCUT2D eigenvalue weighted by Crippen LogP contribution is 2.23. The largest absolute Gasteiger partial charge is 0.444 e. The molecule has 0 bridgehead atoms. The fourth-order valence-corrected chi connectivity index (χ4v) is 3.79. The van der Waals surface area contributed by atoms with E-state index in [9.17, 15) is 17.6 Å². The van der Waals surface area contributed by atoms with Gasteiger partial charge in [0.15, 0.2) is 5.82 Å². The average molecular weight is 345 g/mol. The van der Waals surface area contributed by atoms with E-state index in [4.69, 9.17) is 4.74 Å². The predicted octanol–water partition coefficient (Wildman–Crippen LogP) is 1.79. The molecule has 0 unspecified atom stereocenters. The van der Waals surface area contributed by atoms with E-state index in [1.165, 1.54) is 4.90 Å². The van der Waals surface area contributed by atoms with E-state index in [2.05, 4.69) is 9.97 Å². The molecule has 0 spiro atoms. The molecule has 128 valence electrons. The van der Waals surface area contributed by atoms with E-state index in [0.717, 1.165) is 12.4 Å². The topological polar surface area (TPSA) is 89.5 Å². The smallest absolute Gasteiger partial charge is 0.410 e. The predicted molar refractivity (Wildman–Crippen MR) is 80.0 cm³/mol. The summed E-state index contributed by atoms with van der Waals surface area (Å²) in [5.74, 6) is -1.02. The molecule has 0 aliphatic carbocycles. The number of ether oxygens (including phenoxy) is 1. The van der Waals surface area contributed by atoms with Gasteiger partial charge in [0.1, 0.15) is 5.60 Å². The summed E-state index contributed by atoms with van der Waals surface area (Å²) < 4.78 is 42.8. The Kier molecular flexibility index (Phi) is 4.88. The lowest BCUT2D eigenvalue weighted by Crippen LogP contribution is -2.42. The van der Waals surface area contributed by atoms with Crippen LogP contribution in [0.1, 0.15) is 33.6 Å². The van der Waals surface area contributed by atoms with Gasteiger partial charge in [-0.15, -0.1) is 0 Å². The lowest BCUT2D eigenvalue weighted by Gasteiger charge is -2.28. The highest BCUT2D eigenvalue weighted by molar-refractivity contribution is 7.91. The third-order valence-corrected chi connectivity index (χ3v) is 4.88. The molecule has 0 radical (unpaired) electrons. The molecule has 1 saturated heterocycles. The number of rotatable bonds is 3. The fourth-order valence-electron chi connectivity index (χ4n) is 2.36. The Hall–Kier alpha value is -1.77. The summed E-state index contributed by atoms with van der Waals surface area (Å²) in [4.78, 5) is 20.6. The highest BCUT2D eigenvalue weighted by Gasteiger charge is 2.36. The van der Waals surface area contributed by atoms with Crippen LogP contribution in [0.15, 0.2) is 17.6 Å². The number of carbonyl (C=O) groups is 1. The Labute approximate surface area is 134 Å². The summed E-state index contributed by atoms with van der Waals surface area (Å²) in [5.41, 5.74) is -0.650. The Morgan fingerprint density at radius 3 is 2.57 bits per heavy atom. The van der Waals surface area contributed by atoms with Crippen molar-refractivity contribution in [3.63, 3.8) is 0 Å². The van der Waals surface area contributed by atoms with Gasteiger partial charge in [-0.1, -0.05) is 0 Å². The van der Waals surface area contributed by atoms with Gasteiger partial charge in [0, 0.05) is 12.6 Å². The maximum Gasteiger partial charge on any atom is 0.410 e. The lowest BCUT2D eigenvalue weighted by molar-refractivity contribution is 0.0241. The third kappa shape index (κ3) is 4.60. The molecule has 1 aromatic rings. The number of aromatic nitrogens is 2. The monoisotopic (exact) mass is 345 g/mol. The van der Waals surface area contributed by atoms with Crippen molar-refractivity contribution >= 4 is 15.9 Å². The Morgan fingerprint density at radius 1 is 1.39 bits per heavy atom. The molecule has 1 atom stereocenters. The molecule has 0 N–H and O–H groups in total. The maximum absolute atomic E-state index is 12.8. The van der Waals surface area contributed by atoms with Crippen LogP contribution in [0.2, 0.25) is 0 Å². The van der Waals surface area contributed by atoms with Crippen molar-refractivity contribution in [1.82, 2.24) is 14.9 Å². The Bertz CT molecular complexity index is 670. The molecule has 2 heterocycles. The Morgan fingerprint density at radius 2 is 2.00 bits per heavy atom. The van der Waals surface area contributed by atoms with Crippen molar-refractivity contribution in [2.45, 2.75) is 50.4 Å². The van der Waals surface area contributed by atoms with Crippen LogP contribution in [-0.2, 0) is 14.6 Å². The fraction of sp³-hybridized carbons (Fsp3) is 0.643. The van der Waals surface area contributed by atoms with Crippen LogP contribution in [0.25, 0.3) is 0 Å². The van der Waals surface area contributed by atoms with Crippen LogP contribution in [0.3, 0.4) is 0 Å². The van der Waals surface area contributed by atoms with Crippen molar-refractivity contribution < 1.29 is 22.3 Å². The molecule has 1 aliphatic heterocycles. The van der Waals surface area contributed by atoms with Gasteiger partial charge in [0.25, 0.3) is 0 Å². The van der Waals surface area contributed by atoms with Gasteiger partial charge in [-0.05, 0) is 33.6 Å². The molecule has 2 rings (SSSR count). The first kappa shape index (κ1) is 17.6. The molecular weight excluding hydrogens is 325 g/mol. The number of sulfone groups is 1. The van der Waals surface area contributed by atoms with E-state index in [-0.39, 0.29) is 5.75 Å². The van der Waals surface area contributed by atoms with E-state index < -0.39 is 38.5 Å². The normalized spacial score (nSPS) is 19.0. The number of hydrogen-bond donors (Lipinski definition) is 0. The number of carbonyl (C=O) groups excluding carboxylic acids is 1. The molecule has 0 aromatic carbocycles. The summed E-state index contributed by atoms with van der Waals surface area (Å²) >= 11 is 0. The number of hydrogen-bond acceptors (Lipinski definition) is 6. The van der Waals surface area contributed by atoms with Gasteiger partial charge in [0.05, 0.1) is 18.1 Å². The number of likely N-dealkylation sites (tertiary alicyclic amines) is 1. The maximum atomic E-state index is 12.8. The quantitative estimate of drug-likeness (QED) is 0.776. The molecule has 23 heavy (non-hydrogen) atoms. The minimum absolute atomic E-state index is 0.308. The van der Waals surface area contributed by atoms with Crippen LogP contribution in [-0.4, -0.2) is 53.3 Å². The standard InChI is InChI=1S/C14H20FN3O4S/c1-14(2,3)22-13(19)18-6-4-5-11(18)9-23(20,21)12-16-7-10(15)8-17-12/h7-8,11H,4-6,9H2,1-3H3/t11-/m1/s1. The summed E-state index contributed by atoms with van der Waals surface area (Å²) in [7, 11) is -3.81. The highest BCUT2D eigenvalue weighted by atomic mass is 32.2. The Balaban J connectivity index is 2.11. The van der Waals surface area contributed by atoms with Crippen molar-refractivity contribution in [2.75, 3.05) is 12.3 Å². The molecule has 1 fully saturated rings. The van der Waals surface area contributed by atoms with E-state index in [0.29, 0.717) is 19.4 Å². The van der Waals surface area contributed by atoms with Gasteiger partial charge in [0.2, 0.25) is 15.0 Å². The van der Waals surface area contributed by atoms with E-state index in [1.54, 1.807) is 20.8 Å². The molecule has 1 amide bonds. The van der Waals surface area contributed by atoms with Crippen LogP contribution in [0.4, 0.5) is 9.18 Å². The van der Waals surface area contributed by atoms with Crippen LogP contribution >= 0.6 is 0 Å². The lowest BCUT2D eigenvalue weighted by atomic mass is 10.2. The second-order valence-corrected chi connectivity index (χ2v) is 8.36. The summed E-state index contributed by atoms with van der Waals surface area (Å²) in [6.45, 7) is 5.69. The molecule has 9 heteroatoms. The van der Waals surface area contributed by atoms with Crippen LogP contribution in [0.5, 0.6) is 0 Å².